The number of rotatable bonds is 3. The van der Waals surface area contributed by atoms with Gasteiger partial charge >= 0.3 is 0 Å². The van der Waals surface area contributed by atoms with Crippen LogP contribution < -0.4 is 5.32 Å². The quantitative estimate of drug-likeness (QED) is 0.891. The van der Waals surface area contributed by atoms with Gasteiger partial charge in [-0.3, -0.25) is 4.79 Å². The van der Waals surface area contributed by atoms with Gasteiger partial charge in [-0.2, -0.15) is 0 Å². The molecule has 0 saturated carbocycles. The molecular weight excluding hydrogens is 328 g/mol. The Bertz CT molecular complexity index is 628. The molecule has 2 nitrogen and oxygen atoms in total. The molecule has 0 aromatic heterocycles. The van der Waals surface area contributed by atoms with Gasteiger partial charge in [0, 0.05) is 4.47 Å². The van der Waals surface area contributed by atoms with Crippen LogP contribution in [0, 0.1) is 11.6 Å². The maximum Gasteiger partial charge on any atom is 0.254 e. The summed E-state index contributed by atoms with van der Waals surface area (Å²) in [4.78, 5) is 11.9. The number of carbonyl (C=O) groups is 1. The third-order valence-electron chi connectivity index (χ3n) is 2.91. The lowest BCUT2D eigenvalue weighted by Gasteiger charge is -2.15. The second kappa shape index (κ2) is 6.13. The lowest BCUT2D eigenvalue weighted by molar-refractivity contribution is 0.0934. The summed E-state index contributed by atoms with van der Waals surface area (Å²) in [5.41, 5.74) is 0.576. The van der Waals surface area contributed by atoms with Gasteiger partial charge in [-0.1, -0.05) is 34.1 Å². The van der Waals surface area contributed by atoms with E-state index in [9.17, 15) is 13.6 Å². The Morgan fingerprint density at radius 3 is 2.45 bits per heavy atom. The zero-order valence-corrected chi connectivity index (χ0v) is 12.2. The number of hydrogen-bond acceptors (Lipinski definition) is 1. The predicted molar refractivity (Wildman–Crippen MR) is 76.4 cm³/mol. The fraction of sp³-hybridized carbons (Fsp3) is 0.133. The van der Waals surface area contributed by atoms with E-state index in [-0.39, 0.29) is 11.6 Å². The molecule has 5 heteroatoms. The number of benzene rings is 2. The smallest absolute Gasteiger partial charge is 0.254 e. The Kier molecular flexibility index (Phi) is 4.49. The molecule has 20 heavy (non-hydrogen) atoms. The van der Waals surface area contributed by atoms with Crippen LogP contribution in [0.3, 0.4) is 0 Å². The fourth-order valence-corrected chi connectivity index (χ4v) is 2.05. The van der Waals surface area contributed by atoms with E-state index in [1.165, 1.54) is 12.1 Å². The molecule has 0 fully saturated rings. The van der Waals surface area contributed by atoms with Gasteiger partial charge in [-0.15, -0.1) is 0 Å². The molecule has 0 bridgehead atoms. The first-order chi connectivity index (χ1) is 9.49. The zero-order chi connectivity index (χ0) is 14.7. The van der Waals surface area contributed by atoms with Gasteiger partial charge in [0.2, 0.25) is 0 Å². The summed E-state index contributed by atoms with van der Waals surface area (Å²) in [6.45, 7) is 1.78. The van der Waals surface area contributed by atoms with E-state index < -0.39 is 17.5 Å². The molecule has 2 rings (SSSR count). The van der Waals surface area contributed by atoms with Gasteiger partial charge in [0.05, 0.1) is 11.6 Å². The minimum absolute atomic E-state index is 0.297. The highest BCUT2D eigenvalue weighted by Gasteiger charge is 2.17. The summed E-state index contributed by atoms with van der Waals surface area (Å²) in [6, 6.07) is 10.6. The van der Waals surface area contributed by atoms with E-state index in [1.54, 1.807) is 6.92 Å². The first kappa shape index (κ1) is 14.7. The average molecular weight is 340 g/mol. The van der Waals surface area contributed by atoms with Crippen LogP contribution in [0.1, 0.15) is 28.9 Å². The highest BCUT2D eigenvalue weighted by Crippen LogP contribution is 2.18. The second-order valence-corrected chi connectivity index (χ2v) is 5.26. The number of halogens is 3. The summed E-state index contributed by atoms with van der Waals surface area (Å²) >= 11 is 3.32. The van der Waals surface area contributed by atoms with Crippen molar-refractivity contribution in [3.63, 3.8) is 0 Å². The van der Waals surface area contributed by atoms with Crippen LogP contribution in [0.25, 0.3) is 0 Å². The highest BCUT2D eigenvalue weighted by atomic mass is 79.9. The minimum Gasteiger partial charge on any atom is -0.345 e. The van der Waals surface area contributed by atoms with Gasteiger partial charge in [-0.25, -0.2) is 8.78 Å². The third kappa shape index (κ3) is 3.22. The van der Waals surface area contributed by atoms with E-state index >= 15 is 0 Å². The van der Waals surface area contributed by atoms with Gasteiger partial charge in [0.25, 0.3) is 5.91 Å². The third-order valence-corrected chi connectivity index (χ3v) is 3.44. The monoisotopic (exact) mass is 339 g/mol. The Morgan fingerprint density at radius 2 is 1.80 bits per heavy atom. The van der Waals surface area contributed by atoms with Gasteiger partial charge < -0.3 is 5.32 Å². The molecule has 104 valence electrons. The molecule has 1 N–H and O–H groups in total. The number of hydrogen-bond donors (Lipinski definition) is 1. The van der Waals surface area contributed by atoms with Crippen molar-refractivity contribution < 1.29 is 13.6 Å². The van der Waals surface area contributed by atoms with E-state index in [1.807, 2.05) is 24.3 Å². The Balaban J connectivity index is 2.15. The van der Waals surface area contributed by atoms with Crippen LogP contribution in [-0.4, -0.2) is 5.91 Å². The van der Waals surface area contributed by atoms with Crippen LogP contribution in [0.15, 0.2) is 46.9 Å². The normalized spacial score (nSPS) is 12.0. The fourth-order valence-electron chi connectivity index (χ4n) is 1.79. The van der Waals surface area contributed by atoms with Gasteiger partial charge in [0.15, 0.2) is 11.6 Å². The lowest BCUT2D eigenvalue weighted by Crippen LogP contribution is -2.27. The Hall–Kier alpha value is -1.75. The Labute approximate surface area is 123 Å². The zero-order valence-electron chi connectivity index (χ0n) is 10.7. The molecule has 0 saturated heterocycles. The van der Waals surface area contributed by atoms with Crippen LogP contribution >= 0.6 is 15.9 Å². The van der Waals surface area contributed by atoms with Crippen molar-refractivity contribution >= 4 is 21.8 Å². The first-order valence-corrected chi connectivity index (χ1v) is 6.78. The van der Waals surface area contributed by atoms with Crippen molar-refractivity contribution in [1.29, 1.82) is 0 Å². The topological polar surface area (TPSA) is 29.1 Å². The SMILES string of the molecule is C[C@@H](NC(=O)c1cccc(F)c1F)c1ccc(Br)cc1. The molecule has 0 spiro atoms. The molecule has 0 aliphatic rings. The van der Waals surface area contributed by atoms with E-state index in [2.05, 4.69) is 21.2 Å². The molecule has 0 radical (unpaired) electrons. The molecule has 0 unspecified atom stereocenters. The van der Waals surface area contributed by atoms with Gasteiger partial charge in [0.1, 0.15) is 0 Å². The van der Waals surface area contributed by atoms with Crippen LogP contribution in [-0.2, 0) is 0 Å². The van der Waals surface area contributed by atoms with Crippen molar-refractivity contribution in [2.75, 3.05) is 0 Å². The van der Waals surface area contributed by atoms with E-state index in [4.69, 9.17) is 0 Å². The van der Waals surface area contributed by atoms with Crippen LogP contribution in [0.2, 0.25) is 0 Å². The molecule has 0 heterocycles. The van der Waals surface area contributed by atoms with Gasteiger partial charge in [-0.05, 0) is 36.8 Å². The molecular formula is C15H12BrF2NO. The Morgan fingerprint density at radius 1 is 1.15 bits per heavy atom. The molecule has 0 aliphatic carbocycles. The van der Waals surface area contributed by atoms with Crippen molar-refractivity contribution in [2.24, 2.45) is 0 Å². The standard InChI is InChI=1S/C15H12BrF2NO/c1-9(10-5-7-11(16)8-6-10)19-15(20)12-3-2-4-13(17)14(12)18/h2-9H,1H3,(H,19,20)/t9-/m1/s1. The maximum atomic E-state index is 13.5. The van der Waals surface area contributed by atoms with Crippen LogP contribution in [0.4, 0.5) is 8.78 Å². The summed E-state index contributed by atoms with van der Waals surface area (Å²) in [7, 11) is 0. The molecule has 2 aromatic carbocycles. The van der Waals surface area contributed by atoms with E-state index in [0.717, 1.165) is 16.1 Å². The van der Waals surface area contributed by atoms with Crippen molar-refractivity contribution in [1.82, 2.24) is 5.32 Å². The first-order valence-electron chi connectivity index (χ1n) is 5.99. The highest BCUT2D eigenvalue weighted by molar-refractivity contribution is 9.10. The number of carbonyl (C=O) groups excluding carboxylic acids is 1. The maximum absolute atomic E-state index is 13.5. The van der Waals surface area contributed by atoms with Crippen molar-refractivity contribution in [3.05, 3.63) is 69.7 Å². The lowest BCUT2D eigenvalue weighted by atomic mass is 10.1. The number of nitrogens with one attached hydrogen (secondary N) is 1. The minimum atomic E-state index is -1.13. The van der Waals surface area contributed by atoms with E-state index in [0.29, 0.717) is 0 Å². The van der Waals surface area contributed by atoms with Crippen molar-refractivity contribution in [2.45, 2.75) is 13.0 Å². The molecule has 2 aromatic rings. The summed E-state index contributed by atoms with van der Waals surface area (Å²) in [6.07, 6.45) is 0. The summed E-state index contributed by atoms with van der Waals surface area (Å²) in [5, 5.41) is 2.64. The molecule has 1 amide bonds. The second-order valence-electron chi connectivity index (χ2n) is 4.35. The summed E-state index contributed by atoms with van der Waals surface area (Å²) in [5.74, 6) is -2.81. The molecule has 0 aliphatic heterocycles. The van der Waals surface area contributed by atoms with Crippen LogP contribution in [0.5, 0.6) is 0 Å². The largest absolute Gasteiger partial charge is 0.345 e. The predicted octanol–water partition coefficient (Wildman–Crippen LogP) is 4.22. The number of amides is 1. The molecule has 1 atom stereocenters. The summed E-state index contributed by atoms with van der Waals surface area (Å²) < 4.78 is 27.5. The average Bonchev–Trinajstić information content (AvgIpc) is 2.42. The van der Waals surface area contributed by atoms with Crippen molar-refractivity contribution in [3.8, 4) is 0 Å².